The summed E-state index contributed by atoms with van der Waals surface area (Å²) in [5.41, 5.74) is 6.93. The third-order valence-corrected chi connectivity index (χ3v) is 3.97. The number of hydrogen-bond acceptors (Lipinski definition) is 2. The van der Waals surface area contributed by atoms with Crippen LogP contribution < -0.4 is 11.1 Å². The lowest BCUT2D eigenvalue weighted by molar-refractivity contribution is 0.296. The summed E-state index contributed by atoms with van der Waals surface area (Å²) < 4.78 is 0. The molecule has 16 heavy (non-hydrogen) atoms. The molecule has 2 unspecified atom stereocenters. The Bertz CT molecular complexity index is 215. The standard InChI is InChI=1S/C14H30N2/c1-13(2,3)12(15)7-9-16-11-6-8-14(4,5)10-11/h11-12,16H,6-10,15H2,1-5H3. The zero-order valence-corrected chi connectivity index (χ0v) is 11.8. The van der Waals surface area contributed by atoms with Gasteiger partial charge in [-0.3, -0.25) is 0 Å². The Labute approximate surface area is 101 Å². The fourth-order valence-electron chi connectivity index (χ4n) is 2.49. The monoisotopic (exact) mass is 226 g/mol. The van der Waals surface area contributed by atoms with E-state index in [4.69, 9.17) is 5.73 Å². The molecular formula is C14H30N2. The normalized spacial score (nSPS) is 27.0. The number of rotatable bonds is 4. The lowest BCUT2D eigenvalue weighted by atomic mass is 9.85. The van der Waals surface area contributed by atoms with Crippen LogP contribution in [0.1, 0.15) is 60.3 Å². The predicted molar refractivity (Wildman–Crippen MR) is 71.5 cm³/mol. The Morgan fingerprint density at radius 2 is 2.00 bits per heavy atom. The van der Waals surface area contributed by atoms with Crippen molar-refractivity contribution in [3.05, 3.63) is 0 Å². The van der Waals surface area contributed by atoms with Crippen molar-refractivity contribution in [1.29, 1.82) is 0 Å². The Hall–Kier alpha value is -0.0800. The SMILES string of the molecule is CC1(C)CCC(NCCC(N)C(C)(C)C)C1. The van der Waals surface area contributed by atoms with Crippen LogP contribution in [0.5, 0.6) is 0 Å². The first-order chi connectivity index (χ1) is 7.21. The first-order valence-corrected chi connectivity index (χ1v) is 6.70. The van der Waals surface area contributed by atoms with Gasteiger partial charge in [0.1, 0.15) is 0 Å². The quantitative estimate of drug-likeness (QED) is 0.773. The summed E-state index contributed by atoms with van der Waals surface area (Å²) in [5.74, 6) is 0. The zero-order valence-electron chi connectivity index (χ0n) is 11.8. The molecule has 0 aromatic heterocycles. The minimum Gasteiger partial charge on any atom is -0.327 e. The van der Waals surface area contributed by atoms with Crippen LogP contribution in [0.4, 0.5) is 0 Å². The van der Waals surface area contributed by atoms with Crippen LogP contribution in [-0.4, -0.2) is 18.6 Å². The van der Waals surface area contributed by atoms with Crippen LogP contribution in [0.25, 0.3) is 0 Å². The minimum atomic E-state index is 0.233. The van der Waals surface area contributed by atoms with Crippen molar-refractivity contribution >= 4 is 0 Å². The molecule has 96 valence electrons. The van der Waals surface area contributed by atoms with Crippen LogP contribution in [-0.2, 0) is 0 Å². The molecule has 1 rings (SSSR count). The van der Waals surface area contributed by atoms with Crippen molar-refractivity contribution in [2.45, 2.75) is 72.4 Å². The molecule has 0 aromatic carbocycles. The zero-order chi connectivity index (χ0) is 12.4. The highest BCUT2D eigenvalue weighted by Crippen LogP contribution is 2.36. The van der Waals surface area contributed by atoms with Crippen molar-refractivity contribution in [3.63, 3.8) is 0 Å². The Balaban J connectivity index is 2.17. The highest BCUT2D eigenvalue weighted by atomic mass is 14.9. The molecular weight excluding hydrogens is 196 g/mol. The van der Waals surface area contributed by atoms with Gasteiger partial charge in [0.15, 0.2) is 0 Å². The van der Waals surface area contributed by atoms with Crippen molar-refractivity contribution in [1.82, 2.24) is 5.32 Å². The van der Waals surface area contributed by atoms with Crippen molar-refractivity contribution in [3.8, 4) is 0 Å². The smallest absolute Gasteiger partial charge is 0.00997 e. The average Bonchev–Trinajstić information content (AvgIpc) is 2.44. The molecule has 0 saturated heterocycles. The molecule has 1 fully saturated rings. The minimum absolute atomic E-state index is 0.233. The van der Waals surface area contributed by atoms with Gasteiger partial charge in [-0.25, -0.2) is 0 Å². The molecule has 0 heterocycles. The molecule has 0 bridgehead atoms. The Morgan fingerprint density at radius 1 is 1.38 bits per heavy atom. The average molecular weight is 226 g/mol. The van der Waals surface area contributed by atoms with Crippen molar-refractivity contribution in [2.24, 2.45) is 16.6 Å². The van der Waals surface area contributed by atoms with E-state index in [0.717, 1.165) is 19.0 Å². The van der Waals surface area contributed by atoms with E-state index in [1.807, 2.05) is 0 Å². The molecule has 1 aliphatic rings. The second-order valence-corrected chi connectivity index (χ2v) is 7.32. The van der Waals surface area contributed by atoms with Gasteiger partial charge < -0.3 is 11.1 Å². The summed E-state index contributed by atoms with van der Waals surface area (Å²) >= 11 is 0. The summed E-state index contributed by atoms with van der Waals surface area (Å²) in [5, 5.41) is 3.66. The van der Waals surface area contributed by atoms with Crippen molar-refractivity contribution < 1.29 is 0 Å². The van der Waals surface area contributed by atoms with Crippen LogP contribution in [0.15, 0.2) is 0 Å². The van der Waals surface area contributed by atoms with Crippen LogP contribution >= 0.6 is 0 Å². The van der Waals surface area contributed by atoms with Gasteiger partial charge in [-0.1, -0.05) is 34.6 Å². The van der Waals surface area contributed by atoms with E-state index in [2.05, 4.69) is 39.9 Å². The summed E-state index contributed by atoms with van der Waals surface area (Å²) in [6.45, 7) is 12.5. The molecule has 2 nitrogen and oxygen atoms in total. The van der Waals surface area contributed by atoms with Crippen LogP contribution in [0.2, 0.25) is 0 Å². The maximum atomic E-state index is 6.15. The highest BCUT2D eigenvalue weighted by molar-refractivity contribution is 4.87. The van der Waals surface area contributed by atoms with Crippen LogP contribution in [0, 0.1) is 10.8 Å². The van der Waals surface area contributed by atoms with E-state index >= 15 is 0 Å². The van der Waals surface area contributed by atoms with E-state index in [1.165, 1.54) is 19.3 Å². The van der Waals surface area contributed by atoms with Gasteiger partial charge in [-0.05, 0) is 43.1 Å². The molecule has 1 saturated carbocycles. The second-order valence-electron chi connectivity index (χ2n) is 7.32. The molecule has 0 radical (unpaired) electrons. The first-order valence-electron chi connectivity index (χ1n) is 6.70. The summed E-state index contributed by atoms with van der Waals surface area (Å²) in [4.78, 5) is 0. The Kier molecular flexibility index (Phi) is 4.42. The molecule has 1 aliphatic carbocycles. The topological polar surface area (TPSA) is 38.0 Å². The molecule has 2 atom stereocenters. The van der Waals surface area contributed by atoms with Crippen LogP contribution in [0.3, 0.4) is 0 Å². The third-order valence-electron chi connectivity index (χ3n) is 3.97. The maximum absolute atomic E-state index is 6.15. The lowest BCUT2D eigenvalue weighted by Gasteiger charge is -2.27. The fraction of sp³-hybridized carbons (Fsp3) is 1.00. The molecule has 3 N–H and O–H groups in total. The lowest BCUT2D eigenvalue weighted by Crippen LogP contribution is -2.39. The summed E-state index contributed by atoms with van der Waals surface area (Å²) in [6.07, 6.45) is 5.09. The van der Waals surface area contributed by atoms with Gasteiger partial charge in [0.25, 0.3) is 0 Å². The molecule has 0 aromatic rings. The number of hydrogen-bond donors (Lipinski definition) is 2. The largest absolute Gasteiger partial charge is 0.327 e. The predicted octanol–water partition coefficient (Wildman–Crippen LogP) is 2.92. The van der Waals surface area contributed by atoms with E-state index in [9.17, 15) is 0 Å². The van der Waals surface area contributed by atoms with E-state index in [-0.39, 0.29) is 5.41 Å². The van der Waals surface area contributed by atoms with Gasteiger partial charge in [-0.15, -0.1) is 0 Å². The van der Waals surface area contributed by atoms with Gasteiger partial charge in [0.2, 0.25) is 0 Å². The van der Waals surface area contributed by atoms with E-state index < -0.39 is 0 Å². The third kappa shape index (κ3) is 4.42. The van der Waals surface area contributed by atoms with E-state index in [1.54, 1.807) is 0 Å². The van der Waals surface area contributed by atoms with E-state index in [0.29, 0.717) is 11.5 Å². The van der Waals surface area contributed by atoms with Gasteiger partial charge in [0, 0.05) is 12.1 Å². The van der Waals surface area contributed by atoms with Gasteiger partial charge >= 0.3 is 0 Å². The second kappa shape index (κ2) is 5.05. The van der Waals surface area contributed by atoms with Gasteiger partial charge in [0.05, 0.1) is 0 Å². The maximum Gasteiger partial charge on any atom is 0.00997 e. The molecule has 0 spiro atoms. The molecule has 2 heteroatoms. The number of nitrogens with two attached hydrogens (primary N) is 1. The Morgan fingerprint density at radius 3 is 2.44 bits per heavy atom. The first kappa shape index (κ1) is 14.0. The molecule has 0 aliphatic heterocycles. The highest BCUT2D eigenvalue weighted by Gasteiger charge is 2.30. The van der Waals surface area contributed by atoms with Gasteiger partial charge in [-0.2, -0.15) is 0 Å². The number of nitrogens with one attached hydrogen (secondary N) is 1. The summed E-state index contributed by atoms with van der Waals surface area (Å²) in [7, 11) is 0. The van der Waals surface area contributed by atoms with Crippen molar-refractivity contribution in [2.75, 3.05) is 6.54 Å². The fourth-order valence-corrected chi connectivity index (χ4v) is 2.49. The summed E-state index contributed by atoms with van der Waals surface area (Å²) in [6, 6.07) is 1.02. The molecule has 0 amide bonds.